The van der Waals surface area contributed by atoms with Gasteiger partial charge in [0, 0.05) is 12.8 Å². The van der Waals surface area contributed by atoms with Crippen molar-refractivity contribution < 1.29 is 9.59 Å². The summed E-state index contributed by atoms with van der Waals surface area (Å²) in [5.41, 5.74) is 1.12. The molecule has 0 bridgehead atoms. The van der Waals surface area contributed by atoms with Crippen molar-refractivity contribution in [1.82, 2.24) is 0 Å². The van der Waals surface area contributed by atoms with E-state index in [4.69, 9.17) is 0 Å². The van der Waals surface area contributed by atoms with Gasteiger partial charge < -0.3 is 4.79 Å². The summed E-state index contributed by atoms with van der Waals surface area (Å²) in [4.78, 5) is 20.7. The Hall–Kier alpha value is -1.44. The van der Waals surface area contributed by atoms with Crippen LogP contribution < -0.4 is 0 Å². The molecular formula is C14H20O2. The molecule has 1 rings (SSSR count). The number of ketones is 2. The number of benzene rings is 1. The van der Waals surface area contributed by atoms with Gasteiger partial charge >= 0.3 is 0 Å². The number of carbonyl (C=O) groups is 2. The first kappa shape index (κ1) is 14.6. The molecule has 2 nitrogen and oxygen atoms in total. The van der Waals surface area contributed by atoms with Crippen LogP contribution >= 0.6 is 0 Å². The van der Waals surface area contributed by atoms with Gasteiger partial charge in [0.05, 0.1) is 0 Å². The van der Waals surface area contributed by atoms with E-state index in [2.05, 4.69) is 0 Å². The van der Waals surface area contributed by atoms with Crippen LogP contribution in [0.3, 0.4) is 0 Å². The van der Waals surface area contributed by atoms with Crippen molar-refractivity contribution in [3.05, 3.63) is 35.9 Å². The van der Waals surface area contributed by atoms with Gasteiger partial charge in [-0.05, 0) is 25.8 Å². The van der Waals surface area contributed by atoms with E-state index in [1.165, 1.54) is 13.8 Å². The van der Waals surface area contributed by atoms with Crippen molar-refractivity contribution >= 4 is 11.6 Å². The zero-order valence-electron chi connectivity index (χ0n) is 10.3. The molecule has 88 valence electrons. The Labute approximate surface area is 97.7 Å². The molecule has 0 amide bonds. The predicted octanol–water partition coefficient (Wildman–Crippen LogP) is 3.19. The van der Waals surface area contributed by atoms with Crippen LogP contribution in [0.4, 0.5) is 0 Å². The van der Waals surface area contributed by atoms with E-state index in [-0.39, 0.29) is 5.78 Å². The SMILES string of the molecule is CC(C)=O.CCCC(=O)Cc1ccccc1. The summed E-state index contributed by atoms with van der Waals surface area (Å²) in [5.74, 6) is 0.503. The summed E-state index contributed by atoms with van der Waals surface area (Å²) in [6.45, 7) is 5.09. The van der Waals surface area contributed by atoms with E-state index in [1.54, 1.807) is 0 Å². The Kier molecular flexibility index (Phi) is 8.04. The van der Waals surface area contributed by atoms with Gasteiger partial charge in [0.2, 0.25) is 0 Å². The van der Waals surface area contributed by atoms with Gasteiger partial charge in [-0.3, -0.25) is 4.79 Å². The number of carbonyl (C=O) groups excluding carboxylic acids is 2. The minimum atomic E-state index is 0.167. The molecule has 1 aromatic rings. The first-order valence-corrected chi connectivity index (χ1v) is 5.59. The molecule has 0 radical (unpaired) electrons. The van der Waals surface area contributed by atoms with E-state index >= 15 is 0 Å². The first-order valence-electron chi connectivity index (χ1n) is 5.59. The first-order chi connectivity index (χ1) is 7.56. The third-order valence-electron chi connectivity index (χ3n) is 1.77. The topological polar surface area (TPSA) is 34.1 Å². The summed E-state index contributed by atoms with van der Waals surface area (Å²) < 4.78 is 0. The molecule has 0 aliphatic heterocycles. The van der Waals surface area contributed by atoms with Gasteiger partial charge in [0.1, 0.15) is 11.6 Å². The molecule has 0 heterocycles. The second-order valence-corrected chi connectivity index (χ2v) is 3.86. The smallest absolute Gasteiger partial charge is 0.137 e. The fraction of sp³-hybridized carbons (Fsp3) is 0.429. The molecule has 0 unspecified atom stereocenters. The van der Waals surface area contributed by atoms with Crippen LogP contribution in [0.2, 0.25) is 0 Å². The highest BCUT2D eigenvalue weighted by Gasteiger charge is 2.00. The Morgan fingerprint density at radius 1 is 1.06 bits per heavy atom. The Morgan fingerprint density at radius 3 is 2.00 bits per heavy atom. The number of hydrogen-bond donors (Lipinski definition) is 0. The molecule has 0 aliphatic carbocycles. The third kappa shape index (κ3) is 9.13. The standard InChI is InChI=1S/C11H14O.C3H6O/c1-2-6-11(12)9-10-7-4-3-5-8-10;1-3(2)4/h3-5,7-8H,2,6,9H2,1H3;1-2H3. The van der Waals surface area contributed by atoms with Crippen molar-refractivity contribution in [3.8, 4) is 0 Å². The second kappa shape index (κ2) is 8.84. The van der Waals surface area contributed by atoms with Crippen LogP contribution in [0, 0.1) is 0 Å². The number of hydrogen-bond acceptors (Lipinski definition) is 2. The molecule has 0 N–H and O–H groups in total. The van der Waals surface area contributed by atoms with Crippen LogP contribution in [-0.2, 0) is 16.0 Å². The Bertz CT molecular complexity index is 311. The fourth-order valence-corrected chi connectivity index (χ4v) is 1.19. The van der Waals surface area contributed by atoms with Gasteiger partial charge in [0.15, 0.2) is 0 Å². The molecule has 0 saturated carbocycles. The fourth-order valence-electron chi connectivity index (χ4n) is 1.19. The zero-order valence-corrected chi connectivity index (χ0v) is 10.3. The average molecular weight is 220 g/mol. The molecular weight excluding hydrogens is 200 g/mol. The summed E-state index contributed by atoms with van der Waals surface area (Å²) in [5, 5.41) is 0. The summed E-state index contributed by atoms with van der Waals surface area (Å²) in [6.07, 6.45) is 2.25. The minimum Gasteiger partial charge on any atom is -0.300 e. The lowest BCUT2D eigenvalue weighted by Crippen LogP contribution is -2.00. The predicted molar refractivity (Wildman–Crippen MR) is 66.4 cm³/mol. The average Bonchev–Trinajstić information content (AvgIpc) is 2.18. The van der Waals surface area contributed by atoms with Crippen LogP contribution in [0.15, 0.2) is 30.3 Å². The molecule has 0 fully saturated rings. The molecule has 0 aliphatic rings. The van der Waals surface area contributed by atoms with Crippen molar-refractivity contribution in [2.75, 3.05) is 0 Å². The molecule has 16 heavy (non-hydrogen) atoms. The van der Waals surface area contributed by atoms with E-state index in [0.29, 0.717) is 18.6 Å². The van der Waals surface area contributed by atoms with Gasteiger partial charge in [-0.1, -0.05) is 37.3 Å². The number of Topliss-reactive ketones (excluding diaryl/α,β-unsaturated/α-hetero) is 2. The maximum absolute atomic E-state index is 11.2. The molecule has 0 saturated heterocycles. The lowest BCUT2D eigenvalue weighted by atomic mass is 10.1. The van der Waals surface area contributed by atoms with Gasteiger partial charge in [-0.25, -0.2) is 0 Å². The van der Waals surface area contributed by atoms with Gasteiger partial charge in [-0.2, -0.15) is 0 Å². The maximum Gasteiger partial charge on any atom is 0.137 e. The van der Waals surface area contributed by atoms with E-state index in [0.717, 1.165) is 12.0 Å². The van der Waals surface area contributed by atoms with E-state index in [1.807, 2.05) is 37.3 Å². The normalized spacial score (nSPS) is 8.94. The highest BCUT2D eigenvalue weighted by atomic mass is 16.1. The third-order valence-corrected chi connectivity index (χ3v) is 1.77. The van der Waals surface area contributed by atoms with Crippen molar-refractivity contribution in [2.45, 2.75) is 40.0 Å². The van der Waals surface area contributed by atoms with E-state index < -0.39 is 0 Å². The lowest BCUT2D eigenvalue weighted by molar-refractivity contribution is -0.118. The van der Waals surface area contributed by atoms with E-state index in [9.17, 15) is 9.59 Å². The van der Waals surface area contributed by atoms with Crippen LogP contribution in [0.1, 0.15) is 39.2 Å². The highest BCUT2D eigenvalue weighted by molar-refractivity contribution is 5.80. The van der Waals surface area contributed by atoms with Crippen molar-refractivity contribution in [3.63, 3.8) is 0 Å². The summed E-state index contributed by atoms with van der Waals surface area (Å²) >= 11 is 0. The summed E-state index contributed by atoms with van der Waals surface area (Å²) in [6, 6.07) is 9.89. The van der Waals surface area contributed by atoms with Crippen LogP contribution in [0.5, 0.6) is 0 Å². The van der Waals surface area contributed by atoms with Crippen LogP contribution in [-0.4, -0.2) is 11.6 Å². The minimum absolute atomic E-state index is 0.167. The second-order valence-electron chi connectivity index (χ2n) is 3.86. The molecule has 1 aromatic carbocycles. The van der Waals surface area contributed by atoms with Crippen molar-refractivity contribution in [1.29, 1.82) is 0 Å². The Morgan fingerprint density at radius 2 is 1.56 bits per heavy atom. The summed E-state index contributed by atoms with van der Waals surface area (Å²) in [7, 11) is 0. The van der Waals surface area contributed by atoms with Gasteiger partial charge in [-0.15, -0.1) is 0 Å². The quantitative estimate of drug-likeness (QED) is 0.781. The molecule has 0 atom stereocenters. The highest BCUT2D eigenvalue weighted by Crippen LogP contribution is 2.02. The van der Waals surface area contributed by atoms with Crippen LogP contribution in [0.25, 0.3) is 0 Å². The Balaban J connectivity index is 0.000000487. The van der Waals surface area contributed by atoms with Crippen molar-refractivity contribution in [2.24, 2.45) is 0 Å². The molecule has 0 spiro atoms. The molecule has 0 aromatic heterocycles. The van der Waals surface area contributed by atoms with Gasteiger partial charge in [0.25, 0.3) is 0 Å². The maximum atomic E-state index is 11.2. The number of rotatable bonds is 4. The monoisotopic (exact) mass is 220 g/mol. The molecule has 2 heteroatoms. The zero-order chi connectivity index (χ0) is 12.4. The largest absolute Gasteiger partial charge is 0.300 e. The lowest BCUT2D eigenvalue weighted by Gasteiger charge is -1.98.